The van der Waals surface area contributed by atoms with Gasteiger partial charge in [-0.2, -0.15) is 4.31 Å². The van der Waals surface area contributed by atoms with Crippen LogP contribution in [-0.2, 0) is 14.8 Å². The highest BCUT2D eigenvalue weighted by Gasteiger charge is 2.25. The molecule has 1 aliphatic rings. The van der Waals surface area contributed by atoms with E-state index in [0.29, 0.717) is 10.9 Å². The fraction of sp³-hybridized carbons (Fsp3) is 0.562. The Morgan fingerprint density at radius 1 is 1.22 bits per heavy atom. The Morgan fingerprint density at radius 2 is 1.78 bits per heavy atom. The van der Waals surface area contributed by atoms with Gasteiger partial charge in [0.25, 0.3) is 0 Å². The Bertz CT molecular complexity index is 638. The number of nitrogens with zero attached hydrogens (tertiary/aromatic N) is 1. The number of nitrogens with one attached hydrogen (secondary N) is 1. The maximum atomic E-state index is 12.4. The van der Waals surface area contributed by atoms with Crippen molar-refractivity contribution < 1.29 is 13.2 Å². The van der Waals surface area contributed by atoms with Crippen LogP contribution in [0.2, 0.25) is 5.02 Å². The van der Waals surface area contributed by atoms with Gasteiger partial charge in [-0.05, 0) is 55.9 Å². The van der Waals surface area contributed by atoms with Crippen LogP contribution >= 0.6 is 11.6 Å². The zero-order valence-corrected chi connectivity index (χ0v) is 15.0. The lowest BCUT2D eigenvalue weighted by molar-refractivity contribution is -0.122. The lowest BCUT2D eigenvalue weighted by atomic mass is 9.87. The molecule has 1 N–H and O–H groups in total. The highest BCUT2D eigenvalue weighted by Crippen LogP contribution is 2.23. The summed E-state index contributed by atoms with van der Waals surface area (Å²) in [6, 6.07) is 6.07. The molecule has 0 atom stereocenters. The molecular weight excluding hydrogens is 336 g/mol. The van der Waals surface area contributed by atoms with Gasteiger partial charge in [0.05, 0.1) is 11.4 Å². The maximum absolute atomic E-state index is 12.4. The Balaban J connectivity index is 1.93. The monoisotopic (exact) mass is 358 g/mol. The highest BCUT2D eigenvalue weighted by atomic mass is 35.5. The minimum Gasteiger partial charge on any atom is -0.352 e. The molecule has 0 heterocycles. The third-order valence-electron chi connectivity index (χ3n) is 4.27. The molecule has 1 fully saturated rings. The predicted molar refractivity (Wildman–Crippen MR) is 90.8 cm³/mol. The molecule has 0 unspecified atom stereocenters. The quantitative estimate of drug-likeness (QED) is 0.879. The molecule has 1 amide bonds. The number of hydrogen-bond donors (Lipinski definition) is 1. The summed E-state index contributed by atoms with van der Waals surface area (Å²) in [6.45, 7) is 2.03. The third kappa shape index (κ3) is 4.93. The molecular formula is C16H23ClN2O3S. The van der Waals surface area contributed by atoms with Gasteiger partial charge in [0.15, 0.2) is 0 Å². The molecule has 0 bridgehead atoms. The van der Waals surface area contributed by atoms with Crippen molar-refractivity contribution in [3.05, 3.63) is 29.3 Å². The van der Waals surface area contributed by atoms with Crippen LogP contribution in [0.15, 0.2) is 29.2 Å². The van der Waals surface area contributed by atoms with E-state index in [1.165, 1.54) is 31.3 Å². The van der Waals surface area contributed by atoms with Crippen molar-refractivity contribution >= 4 is 27.5 Å². The number of hydrogen-bond acceptors (Lipinski definition) is 3. The molecule has 0 saturated heterocycles. The largest absolute Gasteiger partial charge is 0.352 e. The van der Waals surface area contributed by atoms with E-state index >= 15 is 0 Å². The summed E-state index contributed by atoms with van der Waals surface area (Å²) < 4.78 is 25.9. The molecule has 5 nitrogen and oxygen atoms in total. The number of carbonyl (C=O) groups is 1. The van der Waals surface area contributed by atoms with E-state index in [9.17, 15) is 13.2 Å². The first-order valence-electron chi connectivity index (χ1n) is 7.80. The van der Waals surface area contributed by atoms with Gasteiger partial charge in [-0.3, -0.25) is 4.79 Å². The van der Waals surface area contributed by atoms with Crippen LogP contribution in [0, 0.1) is 5.92 Å². The molecule has 0 spiro atoms. The summed E-state index contributed by atoms with van der Waals surface area (Å²) >= 11 is 5.77. The lowest BCUT2D eigenvalue weighted by Crippen LogP contribution is -2.43. The van der Waals surface area contributed by atoms with Gasteiger partial charge < -0.3 is 5.32 Å². The van der Waals surface area contributed by atoms with Gasteiger partial charge in [0.1, 0.15) is 0 Å². The molecule has 23 heavy (non-hydrogen) atoms. The number of rotatable bonds is 5. The molecule has 1 aliphatic carbocycles. The average molecular weight is 359 g/mol. The molecule has 1 aromatic carbocycles. The Kier molecular flexibility index (Phi) is 6.06. The normalized spacial score (nSPS) is 22.1. The van der Waals surface area contributed by atoms with Crippen LogP contribution in [0.1, 0.15) is 32.6 Å². The van der Waals surface area contributed by atoms with E-state index in [1.54, 1.807) is 0 Å². The first-order chi connectivity index (χ1) is 10.8. The van der Waals surface area contributed by atoms with E-state index in [1.807, 2.05) is 0 Å². The summed E-state index contributed by atoms with van der Waals surface area (Å²) in [5.41, 5.74) is 0. The van der Waals surface area contributed by atoms with Crippen LogP contribution < -0.4 is 5.32 Å². The second-order valence-corrected chi connectivity index (χ2v) is 8.72. The van der Waals surface area contributed by atoms with Crippen molar-refractivity contribution in [1.29, 1.82) is 0 Å². The van der Waals surface area contributed by atoms with Crippen molar-refractivity contribution in [3.63, 3.8) is 0 Å². The molecule has 2 rings (SSSR count). The van der Waals surface area contributed by atoms with Gasteiger partial charge >= 0.3 is 0 Å². The molecule has 1 saturated carbocycles. The van der Waals surface area contributed by atoms with Crippen molar-refractivity contribution in [3.8, 4) is 0 Å². The summed E-state index contributed by atoms with van der Waals surface area (Å²) in [5.74, 6) is 0.445. The number of likely N-dealkylation sites (N-methyl/N-ethyl adjacent to an activating group) is 1. The van der Waals surface area contributed by atoms with Gasteiger partial charge in [-0.1, -0.05) is 18.5 Å². The Morgan fingerprint density at radius 3 is 2.35 bits per heavy atom. The predicted octanol–water partition coefficient (Wildman–Crippen LogP) is 2.66. The zero-order valence-electron chi connectivity index (χ0n) is 13.5. The fourth-order valence-corrected chi connectivity index (χ4v) is 4.00. The van der Waals surface area contributed by atoms with Crippen molar-refractivity contribution in [2.24, 2.45) is 5.92 Å². The molecule has 0 aliphatic heterocycles. The summed E-state index contributed by atoms with van der Waals surface area (Å²) in [6.07, 6.45) is 4.12. The standard InChI is InChI=1S/C16H23ClN2O3S/c1-12-3-7-14(8-4-12)18-16(20)11-19(2)23(21,22)15-9-5-13(17)6-10-15/h5-6,9-10,12,14H,3-4,7-8,11H2,1-2H3,(H,18,20). The highest BCUT2D eigenvalue weighted by molar-refractivity contribution is 7.89. The summed E-state index contributed by atoms with van der Waals surface area (Å²) in [7, 11) is -2.28. The first-order valence-corrected chi connectivity index (χ1v) is 9.62. The number of carbonyl (C=O) groups excluding carboxylic acids is 1. The van der Waals surface area contributed by atoms with Crippen LogP contribution in [0.25, 0.3) is 0 Å². The molecule has 0 aromatic heterocycles. The summed E-state index contributed by atoms with van der Waals surface area (Å²) in [5, 5.41) is 3.41. The summed E-state index contributed by atoms with van der Waals surface area (Å²) in [4.78, 5) is 12.2. The van der Waals surface area contributed by atoms with Gasteiger partial charge in [0, 0.05) is 18.1 Å². The fourth-order valence-electron chi connectivity index (χ4n) is 2.75. The van der Waals surface area contributed by atoms with Crippen LogP contribution in [0.3, 0.4) is 0 Å². The zero-order chi connectivity index (χ0) is 17.0. The van der Waals surface area contributed by atoms with E-state index in [4.69, 9.17) is 11.6 Å². The van der Waals surface area contributed by atoms with E-state index in [2.05, 4.69) is 12.2 Å². The number of amides is 1. The van der Waals surface area contributed by atoms with Gasteiger partial charge in [0.2, 0.25) is 15.9 Å². The van der Waals surface area contributed by atoms with Crippen molar-refractivity contribution in [1.82, 2.24) is 9.62 Å². The van der Waals surface area contributed by atoms with E-state index < -0.39 is 10.0 Å². The number of benzene rings is 1. The molecule has 7 heteroatoms. The van der Waals surface area contributed by atoms with E-state index in [0.717, 1.165) is 30.0 Å². The maximum Gasteiger partial charge on any atom is 0.243 e. The molecule has 128 valence electrons. The van der Waals surface area contributed by atoms with Gasteiger partial charge in [-0.25, -0.2) is 8.42 Å². The van der Waals surface area contributed by atoms with Crippen LogP contribution in [0.4, 0.5) is 0 Å². The first kappa shape index (κ1) is 18.2. The minimum absolute atomic E-state index is 0.128. The van der Waals surface area contributed by atoms with Gasteiger partial charge in [-0.15, -0.1) is 0 Å². The Labute approximate surface area is 143 Å². The van der Waals surface area contributed by atoms with Crippen LogP contribution in [0.5, 0.6) is 0 Å². The van der Waals surface area contributed by atoms with Crippen molar-refractivity contribution in [2.75, 3.05) is 13.6 Å². The second-order valence-electron chi connectivity index (χ2n) is 6.24. The molecule has 0 radical (unpaired) electrons. The minimum atomic E-state index is -3.69. The van der Waals surface area contributed by atoms with Crippen LogP contribution in [-0.4, -0.2) is 38.3 Å². The van der Waals surface area contributed by atoms with Crippen molar-refractivity contribution in [2.45, 2.75) is 43.5 Å². The third-order valence-corrected chi connectivity index (χ3v) is 6.34. The lowest BCUT2D eigenvalue weighted by Gasteiger charge is -2.27. The Hall–Kier alpha value is -1.11. The SMILES string of the molecule is CC1CCC(NC(=O)CN(C)S(=O)(=O)c2ccc(Cl)cc2)CC1. The van der Waals surface area contributed by atoms with E-state index in [-0.39, 0.29) is 23.4 Å². The molecule has 1 aromatic rings. The average Bonchev–Trinajstić information content (AvgIpc) is 2.50. The second kappa shape index (κ2) is 7.64. The smallest absolute Gasteiger partial charge is 0.243 e. The topological polar surface area (TPSA) is 66.5 Å². The number of sulfonamides is 1. The number of halogens is 1.